The lowest BCUT2D eigenvalue weighted by molar-refractivity contribution is -0.318. The van der Waals surface area contributed by atoms with Crippen LogP contribution in [0.1, 0.15) is 58.8 Å². The maximum absolute atomic E-state index is 13.9. The van der Waals surface area contributed by atoms with Crippen LogP contribution in [-0.2, 0) is 4.79 Å². The Morgan fingerprint density at radius 2 is 1.89 bits per heavy atom. The molecule has 150 valence electrons. The molecular weight excluding hydrogens is 377 g/mol. The molecule has 4 aliphatic rings. The predicted octanol–water partition coefficient (Wildman–Crippen LogP) is 5.54. The predicted molar refractivity (Wildman–Crippen MR) is 97.0 cm³/mol. The highest BCUT2D eigenvalue weighted by atomic mass is 35.5. The summed E-state index contributed by atoms with van der Waals surface area (Å²) in [6.45, 7) is 3.76. The Labute approximate surface area is 162 Å². The summed E-state index contributed by atoms with van der Waals surface area (Å²) >= 11 is 6.36. The zero-order valence-corrected chi connectivity index (χ0v) is 16.5. The number of aliphatic hydroxyl groups is 1. The number of allylic oxidation sites excluding steroid dienone is 3. The van der Waals surface area contributed by atoms with Crippen molar-refractivity contribution in [3.8, 4) is 0 Å². The first-order valence-electron chi connectivity index (χ1n) is 9.84. The number of halogens is 4. The molecule has 0 unspecified atom stereocenters. The van der Waals surface area contributed by atoms with Crippen LogP contribution in [0.2, 0.25) is 0 Å². The average molecular weight is 403 g/mol. The van der Waals surface area contributed by atoms with Crippen LogP contribution < -0.4 is 0 Å². The van der Waals surface area contributed by atoms with Gasteiger partial charge in [0, 0.05) is 18.3 Å². The molecule has 0 spiro atoms. The number of carbonyl (C=O) groups excluding carboxylic acids is 1. The molecule has 0 heterocycles. The van der Waals surface area contributed by atoms with Gasteiger partial charge in [-0.1, -0.05) is 37.6 Å². The standard InChI is InChI=1S/C21H26ClF3O2/c1-18-10-8-16(26)17(22)15(18)6-5-12-13(18)7-11-19(2)14(12)4-3-9-20(19,27)21(23,24)25/h3-4,12-14,27H,5-11H2,1-2H3/t12-,13+,14+,18-,19+,20+/m1/s1. The number of rotatable bonds is 0. The van der Waals surface area contributed by atoms with E-state index in [0.717, 1.165) is 18.4 Å². The first-order chi connectivity index (χ1) is 12.5. The van der Waals surface area contributed by atoms with Crippen LogP contribution in [0, 0.1) is 28.6 Å². The fraction of sp³-hybridized carbons (Fsp3) is 0.762. The SMILES string of the molecule is C[C@]12CCC(=O)C(Cl)=C1CC[C@@H]1[C@@H]2CC[C@@]2(C)[C@H]1C=CC[C@@]2(O)C(F)(F)F. The topological polar surface area (TPSA) is 37.3 Å². The third kappa shape index (κ3) is 2.40. The molecule has 6 heteroatoms. The molecule has 0 bridgehead atoms. The first kappa shape index (κ1) is 19.5. The normalized spacial score (nSPS) is 47.4. The number of alkyl halides is 3. The van der Waals surface area contributed by atoms with Crippen molar-refractivity contribution in [2.75, 3.05) is 0 Å². The van der Waals surface area contributed by atoms with Crippen molar-refractivity contribution in [3.63, 3.8) is 0 Å². The van der Waals surface area contributed by atoms with E-state index in [4.69, 9.17) is 11.6 Å². The molecule has 2 saturated carbocycles. The molecule has 0 aliphatic heterocycles. The highest BCUT2D eigenvalue weighted by Gasteiger charge is 2.69. The van der Waals surface area contributed by atoms with Gasteiger partial charge in [-0.05, 0) is 60.8 Å². The molecule has 4 aliphatic carbocycles. The van der Waals surface area contributed by atoms with Gasteiger partial charge in [0.1, 0.15) is 0 Å². The number of fused-ring (bicyclic) bond motifs is 5. The van der Waals surface area contributed by atoms with E-state index in [2.05, 4.69) is 6.92 Å². The largest absolute Gasteiger partial charge is 0.418 e. The van der Waals surface area contributed by atoms with Crippen LogP contribution in [0.3, 0.4) is 0 Å². The third-order valence-corrected chi connectivity index (χ3v) is 8.91. The van der Waals surface area contributed by atoms with E-state index >= 15 is 0 Å². The van der Waals surface area contributed by atoms with Crippen molar-refractivity contribution < 1.29 is 23.1 Å². The van der Waals surface area contributed by atoms with E-state index in [1.165, 1.54) is 6.08 Å². The number of ketones is 1. The minimum absolute atomic E-state index is 0.00718. The summed E-state index contributed by atoms with van der Waals surface area (Å²) < 4.78 is 41.6. The quantitative estimate of drug-likeness (QED) is 0.540. The number of hydrogen-bond acceptors (Lipinski definition) is 2. The highest BCUT2D eigenvalue weighted by Crippen LogP contribution is 2.67. The van der Waals surface area contributed by atoms with Crippen LogP contribution in [0.15, 0.2) is 22.8 Å². The number of Topliss-reactive ketones (excluding diaryl/α,β-unsaturated/α-hetero) is 1. The number of hydrogen-bond donors (Lipinski definition) is 1. The molecule has 0 amide bonds. The molecule has 2 nitrogen and oxygen atoms in total. The lowest BCUT2D eigenvalue weighted by Crippen LogP contribution is -2.65. The van der Waals surface area contributed by atoms with Crippen molar-refractivity contribution in [2.24, 2.45) is 28.6 Å². The van der Waals surface area contributed by atoms with Crippen LogP contribution in [0.25, 0.3) is 0 Å². The molecule has 0 radical (unpaired) electrons. The molecule has 0 saturated heterocycles. The Balaban J connectivity index is 1.76. The molecule has 0 aromatic carbocycles. The van der Waals surface area contributed by atoms with E-state index in [1.54, 1.807) is 6.92 Å². The summed E-state index contributed by atoms with van der Waals surface area (Å²) in [5.41, 5.74) is -3.11. The van der Waals surface area contributed by atoms with Gasteiger partial charge in [-0.3, -0.25) is 4.79 Å². The minimum Gasteiger partial charge on any atom is -0.380 e. The van der Waals surface area contributed by atoms with Crippen molar-refractivity contribution in [1.82, 2.24) is 0 Å². The van der Waals surface area contributed by atoms with E-state index in [-0.39, 0.29) is 35.4 Å². The lowest BCUT2D eigenvalue weighted by Gasteiger charge is -2.62. The number of carbonyl (C=O) groups is 1. The van der Waals surface area contributed by atoms with E-state index < -0.39 is 17.2 Å². The molecule has 1 N–H and O–H groups in total. The van der Waals surface area contributed by atoms with Crippen LogP contribution in [0.4, 0.5) is 13.2 Å². The zero-order valence-electron chi connectivity index (χ0n) is 15.7. The van der Waals surface area contributed by atoms with Crippen molar-refractivity contribution in [2.45, 2.75) is 70.6 Å². The summed E-state index contributed by atoms with van der Waals surface area (Å²) in [6, 6.07) is 0. The highest BCUT2D eigenvalue weighted by molar-refractivity contribution is 6.43. The van der Waals surface area contributed by atoms with Gasteiger partial charge < -0.3 is 5.11 Å². The third-order valence-electron chi connectivity index (χ3n) is 8.48. The second kappa shape index (κ2) is 5.85. The van der Waals surface area contributed by atoms with E-state index in [1.807, 2.05) is 6.08 Å². The molecule has 0 aromatic heterocycles. The summed E-state index contributed by atoms with van der Waals surface area (Å²) in [7, 11) is 0. The second-order valence-electron chi connectivity index (χ2n) is 9.41. The van der Waals surface area contributed by atoms with Crippen molar-refractivity contribution in [1.29, 1.82) is 0 Å². The fourth-order valence-corrected chi connectivity index (χ4v) is 7.20. The van der Waals surface area contributed by atoms with Gasteiger partial charge in [0.05, 0.1) is 5.03 Å². The van der Waals surface area contributed by atoms with E-state index in [0.29, 0.717) is 30.7 Å². The Morgan fingerprint density at radius 3 is 2.56 bits per heavy atom. The molecular formula is C21H26ClF3O2. The average Bonchev–Trinajstić information content (AvgIpc) is 2.58. The summed E-state index contributed by atoms with van der Waals surface area (Å²) in [5.74, 6) is -0.0549. The monoisotopic (exact) mass is 402 g/mol. The minimum atomic E-state index is -4.65. The van der Waals surface area contributed by atoms with Gasteiger partial charge >= 0.3 is 6.18 Å². The maximum Gasteiger partial charge on any atom is 0.418 e. The smallest absolute Gasteiger partial charge is 0.380 e. The molecule has 4 rings (SSSR count). The summed E-state index contributed by atoms with van der Waals surface area (Å²) in [6.07, 6.45) is 1.88. The van der Waals surface area contributed by atoms with Gasteiger partial charge in [-0.25, -0.2) is 0 Å². The van der Waals surface area contributed by atoms with E-state index in [9.17, 15) is 23.1 Å². The van der Waals surface area contributed by atoms with Crippen LogP contribution >= 0.6 is 11.6 Å². The molecule has 2 fully saturated rings. The Bertz CT molecular complexity index is 742. The van der Waals surface area contributed by atoms with Gasteiger partial charge in [0.15, 0.2) is 11.4 Å². The van der Waals surface area contributed by atoms with Gasteiger partial charge in [0.25, 0.3) is 0 Å². The fourth-order valence-electron chi connectivity index (χ4n) is 6.79. The lowest BCUT2D eigenvalue weighted by atomic mass is 9.43. The van der Waals surface area contributed by atoms with Crippen molar-refractivity contribution >= 4 is 17.4 Å². The molecule has 6 atom stereocenters. The summed E-state index contributed by atoms with van der Waals surface area (Å²) in [5, 5.41) is 11.1. The first-order valence-corrected chi connectivity index (χ1v) is 10.2. The molecule has 0 aromatic rings. The Kier molecular flexibility index (Phi) is 4.23. The van der Waals surface area contributed by atoms with Gasteiger partial charge in [-0.15, -0.1) is 0 Å². The molecule has 27 heavy (non-hydrogen) atoms. The maximum atomic E-state index is 13.9. The van der Waals surface area contributed by atoms with Crippen molar-refractivity contribution in [3.05, 3.63) is 22.8 Å². The van der Waals surface area contributed by atoms with Crippen LogP contribution in [0.5, 0.6) is 0 Å². The second-order valence-corrected chi connectivity index (χ2v) is 9.79. The Morgan fingerprint density at radius 1 is 1.19 bits per heavy atom. The van der Waals surface area contributed by atoms with Gasteiger partial charge in [0.2, 0.25) is 0 Å². The van der Waals surface area contributed by atoms with Gasteiger partial charge in [-0.2, -0.15) is 13.2 Å². The summed E-state index contributed by atoms with van der Waals surface area (Å²) in [4.78, 5) is 12.1. The van der Waals surface area contributed by atoms with Crippen LogP contribution in [-0.4, -0.2) is 22.7 Å². The zero-order chi connectivity index (χ0) is 19.8. The Hall–Kier alpha value is -0.810.